The van der Waals surface area contributed by atoms with Crippen LogP contribution in [-0.2, 0) is 5.41 Å². The number of hydrogen-bond acceptors (Lipinski definition) is 2. The predicted octanol–water partition coefficient (Wildman–Crippen LogP) is 3.48. The third-order valence-electron chi connectivity index (χ3n) is 4.04. The summed E-state index contributed by atoms with van der Waals surface area (Å²) in [5, 5.41) is 8.65. The average Bonchev–Trinajstić information content (AvgIpc) is 2.51. The first kappa shape index (κ1) is 12.0. The molecule has 17 heavy (non-hydrogen) atoms. The molecule has 1 aromatic rings. The van der Waals surface area contributed by atoms with Crippen molar-refractivity contribution in [3.05, 3.63) is 29.8 Å². The van der Waals surface area contributed by atoms with Crippen LogP contribution in [0.1, 0.15) is 38.7 Å². The minimum Gasteiger partial charge on any atom is -0.370 e. The Balaban J connectivity index is 2.24. The third kappa shape index (κ3) is 1.91. The largest absolute Gasteiger partial charge is 0.370 e. The van der Waals surface area contributed by atoms with Gasteiger partial charge in [0.15, 0.2) is 0 Å². The van der Waals surface area contributed by atoms with Gasteiger partial charge in [-0.25, -0.2) is 0 Å². The van der Waals surface area contributed by atoms with Crippen LogP contribution < -0.4 is 4.90 Å². The maximum atomic E-state index is 8.65. The number of para-hydroxylation sites is 1. The smallest absolute Gasteiger partial charge is 0.0621 e. The molecule has 1 heterocycles. The van der Waals surface area contributed by atoms with Crippen LogP contribution in [-0.4, -0.2) is 13.1 Å². The molecule has 1 aromatic carbocycles. The maximum absolute atomic E-state index is 8.65. The molecule has 0 amide bonds. The van der Waals surface area contributed by atoms with Gasteiger partial charge in [-0.3, -0.25) is 0 Å². The fourth-order valence-electron chi connectivity index (χ4n) is 3.09. The van der Waals surface area contributed by atoms with E-state index in [0.29, 0.717) is 12.5 Å². The van der Waals surface area contributed by atoms with E-state index in [-0.39, 0.29) is 5.41 Å². The van der Waals surface area contributed by atoms with Crippen molar-refractivity contribution in [2.75, 3.05) is 11.9 Å². The minimum atomic E-state index is 0.181. The van der Waals surface area contributed by atoms with E-state index in [1.165, 1.54) is 11.3 Å². The Morgan fingerprint density at radius 3 is 2.71 bits per heavy atom. The molecule has 0 spiro atoms. The van der Waals surface area contributed by atoms with Crippen LogP contribution in [0.2, 0.25) is 0 Å². The SMILES string of the molecule is CN1c2ccccc2C(C)(C)C1CCCC#N. The first-order valence-electron chi connectivity index (χ1n) is 6.28. The van der Waals surface area contributed by atoms with Gasteiger partial charge in [0.1, 0.15) is 0 Å². The Labute approximate surface area is 104 Å². The molecule has 0 radical (unpaired) electrons. The van der Waals surface area contributed by atoms with E-state index in [1.54, 1.807) is 0 Å². The first-order chi connectivity index (χ1) is 8.09. The highest BCUT2D eigenvalue weighted by Gasteiger charge is 2.41. The van der Waals surface area contributed by atoms with E-state index in [1.807, 2.05) is 0 Å². The Bertz CT molecular complexity index is 442. The van der Waals surface area contributed by atoms with Gasteiger partial charge in [-0.15, -0.1) is 0 Å². The zero-order chi connectivity index (χ0) is 12.5. The van der Waals surface area contributed by atoms with E-state index in [2.05, 4.69) is 56.1 Å². The zero-order valence-corrected chi connectivity index (χ0v) is 10.9. The van der Waals surface area contributed by atoms with Crippen LogP contribution in [0.5, 0.6) is 0 Å². The summed E-state index contributed by atoms with van der Waals surface area (Å²) < 4.78 is 0. The lowest BCUT2D eigenvalue weighted by Gasteiger charge is -2.32. The molecule has 0 fully saturated rings. The molecule has 0 saturated carbocycles. The van der Waals surface area contributed by atoms with E-state index < -0.39 is 0 Å². The van der Waals surface area contributed by atoms with E-state index in [0.717, 1.165) is 12.8 Å². The number of hydrogen-bond donors (Lipinski definition) is 0. The van der Waals surface area contributed by atoms with Gasteiger partial charge in [-0.2, -0.15) is 5.26 Å². The fourth-order valence-corrected chi connectivity index (χ4v) is 3.09. The van der Waals surface area contributed by atoms with Crippen molar-refractivity contribution in [1.29, 1.82) is 5.26 Å². The summed E-state index contributed by atoms with van der Waals surface area (Å²) in [7, 11) is 2.17. The Morgan fingerprint density at radius 2 is 2.06 bits per heavy atom. The highest BCUT2D eigenvalue weighted by atomic mass is 15.2. The van der Waals surface area contributed by atoms with Gasteiger partial charge in [0.2, 0.25) is 0 Å². The van der Waals surface area contributed by atoms with Gasteiger partial charge in [-0.1, -0.05) is 32.0 Å². The highest BCUT2D eigenvalue weighted by Crippen LogP contribution is 2.45. The van der Waals surface area contributed by atoms with Crippen LogP contribution in [0.25, 0.3) is 0 Å². The first-order valence-corrected chi connectivity index (χ1v) is 6.28. The topological polar surface area (TPSA) is 27.0 Å². The van der Waals surface area contributed by atoms with Crippen molar-refractivity contribution in [3.8, 4) is 6.07 Å². The lowest BCUT2D eigenvalue weighted by atomic mass is 9.78. The normalized spacial score (nSPS) is 21.1. The minimum absolute atomic E-state index is 0.181. The molecule has 1 aliphatic heterocycles. The molecule has 1 unspecified atom stereocenters. The van der Waals surface area contributed by atoms with Crippen LogP contribution in [0.4, 0.5) is 5.69 Å². The number of anilines is 1. The van der Waals surface area contributed by atoms with Gasteiger partial charge >= 0.3 is 0 Å². The van der Waals surface area contributed by atoms with Crippen molar-refractivity contribution in [1.82, 2.24) is 0 Å². The number of likely N-dealkylation sites (N-methyl/N-ethyl adjacent to an activating group) is 1. The van der Waals surface area contributed by atoms with Crippen molar-refractivity contribution in [2.24, 2.45) is 0 Å². The molecule has 2 heteroatoms. The molecule has 90 valence electrons. The molecule has 2 nitrogen and oxygen atoms in total. The van der Waals surface area contributed by atoms with Gasteiger partial charge in [-0.05, 0) is 24.5 Å². The quantitative estimate of drug-likeness (QED) is 0.741. The maximum Gasteiger partial charge on any atom is 0.0621 e. The summed E-state index contributed by atoms with van der Waals surface area (Å²) in [5.74, 6) is 0. The van der Waals surface area contributed by atoms with E-state index in [4.69, 9.17) is 5.26 Å². The summed E-state index contributed by atoms with van der Waals surface area (Å²) in [6.45, 7) is 4.62. The lowest BCUT2D eigenvalue weighted by molar-refractivity contribution is 0.399. The highest BCUT2D eigenvalue weighted by molar-refractivity contribution is 5.63. The molecule has 1 aliphatic rings. The third-order valence-corrected chi connectivity index (χ3v) is 4.04. The molecular weight excluding hydrogens is 208 g/mol. The number of nitrogens with zero attached hydrogens (tertiary/aromatic N) is 2. The standard InChI is InChI=1S/C15H20N2/c1-15(2)12-8-4-5-9-13(12)17(3)14(15)10-6-7-11-16/h4-5,8-9,14H,6-7,10H2,1-3H3. The predicted molar refractivity (Wildman–Crippen MR) is 71.1 cm³/mol. The zero-order valence-electron chi connectivity index (χ0n) is 10.9. The average molecular weight is 228 g/mol. The number of unbranched alkanes of at least 4 members (excludes halogenated alkanes) is 1. The summed E-state index contributed by atoms with van der Waals surface area (Å²) in [6.07, 6.45) is 2.74. The summed E-state index contributed by atoms with van der Waals surface area (Å²) in [4.78, 5) is 2.38. The summed E-state index contributed by atoms with van der Waals surface area (Å²) in [5.41, 5.74) is 2.96. The van der Waals surface area contributed by atoms with Crippen LogP contribution in [0.3, 0.4) is 0 Å². The van der Waals surface area contributed by atoms with Gasteiger partial charge < -0.3 is 4.90 Å². The Hall–Kier alpha value is -1.49. The number of nitriles is 1. The van der Waals surface area contributed by atoms with E-state index >= 15 is 0 Å². The molecule has 0 aromatic heterocycles. The number of rotatable bonds is 3. The summed E-state index contributed by atoms with van der Waals surface area (Å²) in [6, 6.07) is 11.4. The molecular formula is C15H20N2. The van der Waals surface area contributed by atoms with Crippen molar-refractivity contribution in [3.63, 3.8) is 0 Å². The lowest BCUT2D eigenvalue weighted by Crippen LogP contribution is -2.39. The molecule has 0 bridgehead atoms. The van der Waals surface area contributed by atoms with Gasteiger partial charge in [0, 0.05) is 30.6 Å². The molecule has 2 rings (SSSR count). The second-order valence-electron chi connectivity index (χ2n) is 5.42. The van der Waals surface area contributed by atoms with E-state index in [9.17, 15) is 0 Å². The second-order valence-corrected chi connectivity index (χ2v) is 5.42. The monoisotopic (exact) mass is 228 g/mol. The van der Waals surface area contributed by atoms with Crippen molar-refractivity contribution < 1.29 is 0 Å². The Kier molecular flexibility index (Phi) is 3.11. The van der Waals surface area contributed by atoms with Crippen LogP contribution in [0, 0.1) is 11.3 Å². The van der Waals surface area contributed by atoms with Crippen molar-refractivity contribution in [2.45, 2.75) is 44.6 Å². The van der Waals surface area contributed by atoms with Crippen LogP contribution in [0.15, 0.2) is 24.3 Å². The molecule has 0 N–H and O–H groups in total. The Morgan fingerprint density at radius 1 is 1.35 bits per heavy atom. The molecule has 1 atom stereocenters. The van der Waals surface area contributed by atoms with Crippen LogP contribution >= 0.6 is 0 Å². The van der Waals surface area contributed by atoms with Gasteiger partial charge in [0.25, 0.3) is 0 Å². The molecule has 0 saturated heterocycles. The second kappa shape index (κ2) is 4.41. The fraction of sp³-hybridized carbons (Fsp3) is 0.533. The molecule has 0 aliphatic carbocycles. The number of fused-ring (bicyclic) bond motifs is 1. The number of benzene rings is 1. The van der Waals surface area contributed by atoms with Gasteiger partial charge in [0.05, 0.1) is 6.07 Å². The van der Waals surface area contributed by atoms with Crippen molar-refractivity contribution >= 4 is 5.69 Å². The summed E-state index contributed by atoms with van der Waals surface area (Å²) >= 11 is 0.